The zero-order valence-electron chi connectivity index (χ0n) is 15.0. The van der Waals surface area contributed by atoms with Crippen LogP contribution in [0.3, 0.4) is 0 Å². The fraction of sp³-hybridized carbons (Fsp3) is 0.800. The molecule has 0 amide bonds. The van der Waals surface area contributed by atoms with E-state index in [2.05, 4.69) is 38.4 Å². The first-order chi connectivity index (χ1) is 10.2. The first-order valence-electron chi connectivity index (χ1n) is 9.52. The predicted molar refractivity (Wildman–Crippen MR) is 103 cm³/mol. The van der Waals surface area contributed by atoms with Gasteiger partial charge in [-0.2, -0.15) is 0 Å². The van der Waals surface area contributed by atoms with Crippen LogP contribution in [-0.2, 0) is 0 Å². The standard InChI is InChI=1S/C20H40Si/c1-5-9-11-13-14-15-16-18-20-21(7-3,8-4)19-17-12-10-6-2/h7-8H,3-6,9-20H2,1-2H3. The Hall–Kier alpha value is -0.303. The topological polar surface area (TPSA) is 0 Å². The molecule has 0 N–H and O–H groups in total. The third kappa shape index (κ3) is 11.0. The van der Waals surface area contributed by atoms with Crippen molar-refractivity contribution in [1.29, 1.82) is 0 Å². The van der Waals surface area contributed by atoms with E-state index in [0.717, 1.165) is 0 Å². The van der Waals surface area contributed by atoms with Crippen molar-refractivity contribution in [3.05, 3.63) is 24.6 Å². The van der Waals surface area contributed by atoms with Gasteiger partial charge in [-0.25, -0.2) is 0 Å². The number of rotatable bonds is 16. The highest BCUT2D eigenvalue weighted by molar-refractivity contribution is 6.88. The smallest absolute Gasteiger partial charge is 0.100 e. The van der Waals surface area contributed by atoms with E-state index in [9.17, 15) is 0 Å². The largest absolute Gasteiger partial charge is 0.107 e. The summed E-state index contributed by atoms with van der Waals surface area (Å²) in [6.45, 7) is 12.9. The van der Waals surface area contributed by atoms with Crippen molar-refractivity contribution in [1.82, 2.24) is 0 Å². The zero-order chi connectivity index (χ0) is 15.8. The second-order valence-corrected chi connectivity index (χ2v) is 11.0. The Balaban J connectivity index is 3.77. The van der Waals surface area contributed by atoms with Crippen molar-refractivity contribution in [2.45, 2.75) is 103 Å². The summed E-state index contributed by atoms with van der Waals surface area (Å²) >= 11 is 0. The van der Waals surface area contributed by atoms with Crippen LogP contribution >= 0.6 is 0 Å². The average molecular weight is 309 g/mol. The van der Waals surface area contributed by atoms with Gasteiger partial charge in [0.2, 0.25) is 0 Å². The van der Waals surface area contributed by atoms with Crippen molar-refractivity contribution < 1.29 is 0 Å². The molecule has 1 heteroatoms. The third-order valence-electron chi connectivity index (χ3n) is 4.80. The van der Waals surface area contributed by atoms with Gasteiger partial charge in [-0.3, -0.25) is 0 Å². The van der Waals surface area contributed by atoms with Crippen LogP contribution in [0.4, 0.5) is 0 Å². The summed E-state index contributed by atoms with van der Waals surface area (Å²) in [4.78, 5) is 0. The Bertz CT molecular complexity index is 236. The minimum atomic E-state index is -1.35. The molecule has 0 saturated carbocycles. The number of unbranched alkanes of at least 4 members (excludes halogenated alkanes) is 10. The molecule has 0 saturated heterocycles. The molecule has 0 aromatic carbocycles. The van der Waals surface area contributed by atoms with Crippen molar-refractivity contribution in [2.75, 3.05) is 0 Å². The van der Waals surface area contributed by atoms with Crippen molar-refractivity contribution in [2.24, 2.45) is 0 Å². The lowest BCUT2D eigenvalue weighted by atomic mass is 10.1. The third-order valence-corrected chi connectivity index (χ3v) is 9.00. The first-order valence-corrected chi connectivity index (χ1v) is 12.1. The molecule has 0 atom stereocenters. The molecule has 21 heavy (non-hydrogen) atoms. The van der Waals surface area contributed by atoms with Gasteiger partial charge in [0.25, 0.3) is 0 Å². The van der Waals surface area contributed by atoms with E-state index in [0.29, 0.717) is 0 Å². The van der Waals surface area contributed by atoms with Crippen LogP contribution in [0.2, 0.25) is 12.1 Å². The maximum absolute atomic E-state index is 4.14. The minimum absolute atomic E-state index is 1.33. The lowest BCUT2D eigenvalue weighted by Gasteiger charge is -2.24. The van der Waals surface area contributed by atoms with Gasteiger partial charge in [0.05, 0.1) is 0 Å². The summed E-state index contributed by atoms with van der Waals surface area (Å²) in [5.74, 6) is 0. The molecule has 0 aliphatic heterocycles. The fourth-order valence-electron chi connectivity index (χ4n) is 3.09. The number of hydrogen-bond acceptors (Lipinski definition) is 0. The highest BCUT2D eigenvalue weighted by Gasteiger charge is 2.24. The van der Waals surface area contributed by atoms with Gasteiger partial charge in [-0.15, -0.1) is 13.2 Å². The van der Waals surface area contributed by atoms with Crippen LogP contribution in [0.15, 0.2) is 24.6 Å². The SMILES string of the molecule is C=C[Si](C=C)(CCCCCC)CCCCCCCCCC. The van der Waals surface area contributed by atoms with Gasteiger partial charge in [0.15, 0.2) is 0 Å². The van der Waals surface area contributed by atoms with Crippen LogP contribution in [0.5, 0.6) is 0 Å². The first kappa shape index (κ1) is 20.7. The molecule has 0 unspecified atom stereocenters. The zero-order valence-corrected chi connectivity index (χ0v) is 16.0. The Morgan fingerprint density at radius 1 is 0.571 bits per heavy atom. The maximum atomic E-state index is 4.14. The molecule has 0 aliphatic carbocycles. The molecule has 124 valence electrons. The molecule has 0 spiro atoms. The van der Waals surface area contributed by atoms with Gasteiger partial charge >= 0.3 is 0 Å². The van der Waals surface area contributed by atoms with Gasteiger partial charge < -0.3 is 0 Å². The lowest BCUT2D eigenvalue weighted by molar-refractivity contribution is 0.584. The molecule has 0 rings (SSSR count). The normalized spacial score (nSPS) is 11.5. The summed E-state index contributed by atoms with van der Waals surface area (Å²) < 4.78 is 0. The molecule has 0 aliphatic rings. The highest BCUT2D eigenvalue weighted by atomic mass is 28.3. The monoisotopic (exact) mass is 308 g/mol. The van der Waals surface area contributed by atoms with Gasteiger partial charge in [0, 0.05) is 0 Å². The summed E-state index contributed by atoms with van der Waals surface area (Å²) in [5.41, 5.74) is 4.60. The van der Waals surface area contributed by atoms with Crippen LogP contribution in [0.1, 0.15) is 90.9 Å². The summed E-state index contributed by atoms with van der Waals surface area (Å²) in [7, 11) is -1.35. The van der Waals surface area contributed by atoms with Crippen molar-refractivity contribution in [3.63, 3.8) is 0 Å². The molecule has 0 aromatic heterocycles. The van der Waals surface area contributed by atoms with Gasteiger partial charge in [-0.1, -0.05) is 114 Å². The van der Waals surface area contributed by atoms with Gasteiger partial charge in [-0.05, 0) is 0 Å². The Morgan fingerprint density at radius 2 is 0.905 bits per heavy atom. The second-order valence-electron chi connectivity index (χ2n) is 6.68. The summed E-state index contributed by atoms with van der Waals surface area (Å²) in [5, 5.41) is 0. The lowest BCUT2D eigenvalue weighted by Crippen LogP contribution is -2.29. The molecule has 0 radical (unpaired) electrons. The molecule has 0 aromatic rings. The highest BCUT2D eigenvalue weighted by Crippen LogP contribution is 2.25. The molecule has 0 nitrogen and oxygen atoms in total. The molecule has 0 heterocycles. The van der Waals surface area contributed by atoms with Crippen LogP contribution < -0.4 is 0 Å². The molecule has 0 fully saturated rings. The van der Waals surface area contributed by atoms with E-state index >= 15 is 0 Å². The minimum Gasteiger partial charge on any atom is -0.107 e. The van der Waals surface area contributed by atoms with Crippen molar-refractivity contribution in [3.8, 4) is 0 Å². The van der Waals surface area contributed by atoms with Crippen molar-refractivity contribution >= 4 is 8.07 Å². The summed E-state index contributed by atoms with van der Waals surface area (Å²) in [6, 6.07) is 2.78. The van der Waals surface area contributed by atoms with Crippen LogP contribution in [-0.4, -0.2) is 8.07 Å². The Morgan fingerprint density at radius 3 is 1.29 bits per heavy atom. The summed E-state index contributed by atoms with van der Waals surface area (Å²) in [6.07, 6.45) is 16.8. The number of hydrogen-bond donors (Lipinski definition) is 0. The maximum Gasteiger partial charge on any atom is 0.100 e. The molecular formula is C20H40Si. The molecule has 0 bridgehead atoms. The predicted octanol–water partition coefficient (Wildman–Crippen LogP) is 7.61. The van der Waals surface area contributed by atoms with Gasteiger partial charge in [0.1, 0.15) is 8.07 Å². The van der Waals surface area contributed by atoms with E-state index in [1.807, 2.05) is 0 Å². The van der Waals surface area contributed by atoms with E-state index in [4.69, 9.17) is 0 Å². The average Bonchev–Trinajstić information content (AvgIpc) is 2.52. The quantitative estimate of drug-likeness (QED) is 0.203. The Labute approximate surface area is 136 Å². The van der Waals surface area contributed by atoms with Crippen LogP contribution in [0.25, 0.3) is 0 Å². The van der Waals surface area contributed by atoms with E-state index in [1.54, 1.807) is 0 Å². The van der Waals surface area contributed by atoms with E-state index in [-0.39, 0.29) is 0 Å². The van der Waals surface area contributed by atoms with E-state index in [1.165, 1.54) is 89.1 Å². The molecular weight excluding hydrogens is 268 g/mol. The second kappa shape index (κ2) is 14.6. The Kier molecular flexibility index (Phi) is 14.4. The fourth-order valence-corrected chi connectivity index (χ4v) is 6.14. The van der Waals surface area contributed by atoms with E-state index < -0.39 is 8.07 Å². The van der Waals surface area contributed by atoms with Crippen LogP contribution in [0, 0.1) is 0 Å².